The van der Waals surface area contributed by atoms with Gasteiger partial charge in [0.05, 0.1) is 18.6 Å². The van der Waals surface area contributed by atoms with Gasteiger partial charge in [0.2, 0.25) is 16.9 Å². The smallest absolute Gasteiger partial charge is 0.231 e. The lowest BCUT2D eigenvalue weighted by atomic mass is 10.1. The number of methoxy groups -OCH3 is 1. The number of nitrogens with one attached hydrogen (secondary N) is 1. The van der Waals surface area contributed by atoms with Crippen LogP contribution in [0, 0.1) is 12.8 Å². The molecule has 1 aromatic rings. The predicted octanol–water partition coefficient (Wildman–Crippen LogP) is 0.668. The molecule has 0 radical (unpaired) electrons. The fourth-order valence-electron chi connectivity index (χ4n) is 2.22. The molecule has 7 nitrogen and oxygen atoms in total. The zero-order chi connectivity index (χ0) is 14.7. The van der Waals surface area contributed by atoms with Crippen molar-refractivity contribution in [3.05, 3.63) is 5.01 Å². The first kappa shape index (κ1) is 14.9. The molecule has 1 aromatic heterocycles. The number of nitrogens with zero attached hydrogens (tertiary/aromatic N) is 3. The van der Waals surface area contributed by atoms with E-state index in [0.29, 0.717) is 18.3 Å². The lowest BCUT2D eigenvalue weighted by Crippen LogP contribution is -2.38. The number of amides is 2. The topological polar surface area (TPSA) is 84.4 Å². The van der Waals surface area contributed by atoms with Gasteiger partial charge in [-0.1, -0.05) is 11.3 Å². The van der Waals surface area contributed by atoms with Crippen molar-refractivity contribution in [3.63, 3.8) is 0 Å². The average molecular weight is 298 g/mol. The quantitative estimate of drug-likeness (QED) is 0.863. The Labute approximate surface area is 121 Å². The van der Waals surface area contributed by atoms with Crippen LogP contribution in [0.25, 0.3) is 0 Å². The summed E-state index contributed by atoms with van der Waals surface area (Å²) in [6.07, 6.45) is 0.234. The maximum atomic E-state index is 12.1. The summed E-state index contributed by atoms with van der Waals surface area (Å²) in [7, 11) is 1.60. The number of rotatable bonds is 5. The van der Waals surface area contributed by atoms with Crippen molar-refractivity contribution in [2.75, 3.05) is 25.6 Å². The third kappa shape index (κ3) is 3.31. The minimum Gasteiger partial charge on any atom is -0.383 e. The number of aryl methyl sites for hydroxylation is 1. The number of carbonyl (C=O) groups excluding carboxylic acids is 2. The van der Waals surface area contributed by atoms with Crippen molar-refractivity contribution >= 4 is 28.3 Å². The van der Waals surface area contributed by atoms with Crippen LogP contribution in [0.3, 0.4) is 0 Å². The molecule has 2 amide bonds. The summed E-state index contributed by atoms with van der Waals surface area (Å²) in [6, 6.07) is -0.0194. The second-order valence-corrected chi connectivity index (χ2v) is 6.05. The molecule has 2 rings (SSSR count). The monoisotopic (exact) mass is 298 g/mol. The number of ether oxygens (including phenoxy) is 1. The summed E-state index contributed by atoms with van der Waals surface area (Å²) in [5.74, 6) is -0.532. The first-order chi connectivity index (χ1) is 9.51. The molecule has 0 spiro atoms. The van der Waals surface area contributed by atoms with Crippen molar-refractivity contribution in [1.82, 2.24) is 15.1 Å². The number of hydrogen-bond donors (Lipinski definition) is 1. The first-order valence-electron chi connectivity index (χ1n) is 6.40. The van der Waals surface area contributed by atoms with E-state index in [1.54, 1.807) is 12.0 Å². The minimum absolute atomic E-state index is 0.0110. The molecule has 1 N–H and O–H groups in total. The van der Waals surface area contributed by atoms with Crippen LogP contribution < -0.4 is 5.32 Å². The van der Waals surface area contributed by atoms with Crippen LogP contribution in [0.5, 0.6) is 0 Å². The Morgan fingerprint density at radius 1 is 1.60 bits per heavy atom. The summed E-state index contributed by atoms with van der Waals surface area (Å²) in [4.78, 5) is 25.7. The Hall–Kier alpha value is -1.54. The average Bonchev–Trinajstić information content (AvgIpc) is 2.96. The van der Waals surface area contributed by atoms with E-state index >= 15 is 0 Å². The van der Waals surface area contributed by atoms with Crippen molar-refractivity contribution < 1.29 is 14.3 Å². The highest BCUT2D eigenvalue weighted by atomic mass is 32.1. The highest BCUT2D eigenvalue weighted by Crippen LogP contribution is 2.23. The van der Waals surface area contributed by atoms with E-state index in [9.17, 15) is 9.59 Å². The van der Waals surface area contributed by atoms with E-state index in [0.717, 1.165) is 5.01 Å². The molecular weight excluding hydrogens is 280 g/mol. The molecule has 1 saturated heterocycles. The zero-order valence-electron chi connectivity index (χ0n) is 11.8. The van der Waals surface area contributed by atoms with E-state index in [2.05, 4.69) is 15.5 Å². The Kier molecular flexibility index (Phi) is 4.66. The Bertz CT molecular complexity index is 505. The molecule has 0 aliphatic carbocycles. The maximum absolute atomic E-state index is 12.1. The number of aromatic nitrogens is 2. The predicted molar refractivity (Wildman–Crippen MR) is 74.4 cm³/mol. The highest BCUT2D eigenvalue weighted by molar-refractivity contribution is 7.15. The Balaban J connectivity index is 1.94. The van der Waals surface area contributed by atoms with Gasteiger partial charge in [0.1, 0.15) is 5.01 Å². The zero-order valence-corrected chi connectivity index (χ0v) is 12.6. The molecule has 1 aliphatic rings. The van der Waals surface area contributed by atoms with Crippen molar-refractivity contribution in [3.8, 4) is 0 Å². The largest absolute Gasteiger partial charge is 0.383 e. The molecule has 8 heteroatoms. The fraction of sp³-hybridized carbons (Fsp3) is 0.667. The molecule has 1 aliphatic heterocycles. The Morgan fingerprint density at radius 2 is 2.35 bits per heavy atom. The molecule has 0 saturated carbocycles. The van der Waals surface area contributed by atoms with Crippen molar-refractivity contribution in [2.45, 2.75) is 26.3 Å². The molecule has 0 unspecified atom stereocenters. The SMILES string of the molecule is COC[C@H](C)N1C[C@@H](C(=O)Nc2nnc(C)s2)CC1=O. The van der Waals surface area contributed by atoms with Gasteiger partial charge in [-0.05, 0) is 13.8 Å². The van der Waals surface area contributed by atoms with E-state index in [-0.39, 0.29) is 30.2 Å². The van der Waals surface area contributed by atoms with Gasteiger partial charge >= 0.3 is 0 Å². The second-order valence-electron chi connectivity index (χ2n) is 4.87. The molecule has 110 valence electrons. The second kappa shape index (κ2) is 6.27. The molecule has 0 bridgehead atoms. The summed E-state index contributed by atoms with van der Waals surface area (Å²) in [6.45, 7) is 4.62. The van der Waals surface area contributed by atoms with Crippen LogP contribution in [0.15, 0.2) is 0 Å². The highest BCUT2D eigenvalue weighted by Gasteiger charge is 2.36. The van der Waals surface area contributed by atoms with Crippen LogP contribution in [0.4, 0.5) is 5.13 Å². The standard InChI is InChI=1S/C12H18N4O3S/c1-7(6-19-3)16-5-9(4-10(16)17)11(18)13-12-15-14-8(2)20-12/h7,9H,4-6H2,1-3H3,(H,13,15,18)/t7-,9-/m0/s1. The van der Waals surface area contributed by atoms with Crippen molar-refractivity contribution in [1.29, 1.82) is 0 Å². The van der Waals surface area contributed by atoms with E-state index < -0.39 is 0 Å². The number of anilines is 1. The van der Waals surface area contributed by atoms with E-state index in [1.807, 2.05) is 13.8 Å². The van der Waals surface area contributed by atoms with Crippen LogP contribution in [-0.2, 0) is 14.3 Å². The van der Waals surface area contributed by atoms with Crippen molar-refractivity contribution in [2.24, 2.45) is 5.92 Å². The van der Waals surface area contributed by atoms with E-state index in [4.69, 9.17) is 4.74 Å². The summed E-state index contributed by atoms with van der Waals surface area (Å²) < 4.78 is 5.05. The minimum atomic E-state index is -0.342. The van der Waals surface area contributed by atoms with Gasteiger partial charge in [0.25, 0.3) is 0 Å². The van der Waals surface area contributed by atoms with Gasteiger partial charge < -0.3 is 15.0 Å². The lowest BCUT2D eigenvalue weighted by molar-refractivity contribution is -0.130. The molecule has 1 fully saturated rings. The van der Waals surface area contributed by atoms with Crippen LogP contribution in [0.2, 0.25) is 0 Å². The van der Waals surface area contributed by atoms with Crippen LogP contribution in [0.1, 0.15) is 18.4 Å². The van der Waals surface area contributed by atoms with E-state index in [1.165, 1.54) is 11.3 Å². The van der Waals surface area contributed by atoms with Crippen LogP contribution >= 0.6 is 11.3 Å². The van der Waals surface area contributed by atoms with Gasteiger partial charge in [-0.3, -0.25) is 9.59 Å². The maximum Gasteiger partial charge on any atom is 0.231 e. The van der Waals surface area contributed by atoms with Gasteiger partial charge in [-0.2, -0.15) is 0 Å². The summed E-state index contributed by atoms with van der Waals surface area (Å²) in [5, 5.41) is 11.7. The molecule has 2 atom stereocenters. The third-order valence-corrected chi connectivity index (χ3v) is 3.98. The van der Waals surface area contributed by atoms with Gasteiger partial charge in [-0.15, -0.1) is 10.2 Å². The third-order valence-electron chi connectivity index (χ3n) is 3.23. The first-order valence-corrected chi connectivity index (χ1v) is 7.22. The Morgan fingerprint density at radius 3 is 2.95 bits per heavy atom. The van der Waals surface area contributed by atoms with Crippen LogP contribution in [-0.4, -0.2) is 53.2 Å². The number of likely N-dealkylation sites (tertiary alicyclic amines) is 1. The summed E-state index contributed by atoms with van der Waals surface area (Å²) in [5.41, 5.74) is 0. The fourth-order valence-corrected chi connectivity index (χ4v) is 2.81. The molecule has 20 heavy (non-hydrogen) atoms. The summed E-state index contributed by atoms with van der Waals surface area (Å²) >= 11 is 1.32. The van der Waals surface area contributed by atoms with Gasteiger partial charge in [-0.25, -0.2) is 0 Å². The lowest BCUT2D eigenvalue weighted by Gasteiger charge is -2.23. The molecule has 0 aromatic carbocycles. The normalized spacial score (nSPS) is 20.2. The number of hydrogen-bond acceptors (Lipinski definition) is 6. The number of carbonyl (C=O) groups is 2. The molecule has 2 heterocycles. The molecular formula is C12H18N4O3S. The van der Waals surface area contributed by atoms with Gasteiger partial charge in [0.15, 0.2) is 0 Å². The van der Waals surface area contributed by atoms with Gasteiger partial charge in [0, 0.05) is 20.1 Å².